The van der Waals surface area contributed by atoms with Gasteiger partial charge in [-0.1, -0.05) is 176 Å². The highest BCUT2D eigenvalue weighted by molar-refractivity contribution is 6.17. The molecule has 0 fully saturated rings. The summed E-state index contributed by atoms with van der Waals surface area (Å²) in [5.74, 6) is 0.857. The van der Waals surface area contributed by atoms with E-state index in [9.17, 15) is 0 Å². The van der Waals surface area contributed by atoms with Crippen LogP contribution in [0.2, 0.25) is 0 Å². The Balaban J connectivity index is 1.05. The average Bonchev–Trinajstić information content (AvgIpc) is 3.68. The van der Waals surface area contributed by atoms with Gasteiger partial charge in [-0.2, -0.15) is 0 Å². The molecule has 270 valence electrons. The topological polar surface area (TPSA) is 49.6 Å². The number of benzene rings is 9. The molecule has 4 nitrogen and oxygen atoms in total. The molecule has 1 aliphatic heterocycles. The fraction of sp³-hybridized carbons (Fsp3) is 0.0377. The van der Waals surface area contributed by atoms with E-state index in [0.29, 0.717) is 0 Å². The molecule has 57 heavy (non-hydrogen) atoms. The van der Waals surface area contributed by atoms with Crippen LogP contribution in [-0.4, -0.2) is 5.84 Å². The van der Waals surface area contributed by atoms with Gasteiger partial charge in [-0.25, -0.2) is 4.99 Å². The Bertz CT molecular complexity index is 3130. The smallest absolute Gasteiger partial charge is 0.143 e. The Morgan fingerprint density at radius 3 is 1.89 bits per heavy atom. The van der Waals surface area contributed by atoms with Crippen LogP contribution in [0.5, 0.6) is 0 Å². The SMILES string of the molecule is c1ccc(C2=NC(c3cc(-c4cccc5oc6c(-c7ccc8ccccc8c7)cccc6c45)c4ccccc4c3)NC(c3ccc(-c4ccccc4)cc3)N2)cc1. The number of aliphatic imine (C=N–C) groups is 1. The maximum Gasteiger partial charge on any atom is 0.143 e. The van der Waals surface area contributed by atoms with E-state index in [2.05, 4.69) is 205 Å². The molecular weight excluding hydrogens is 695 g/mol. The largest absolute Gasteiger partial charge is 0.455 e. The highest BCUT2D eigenvalue weighted by Crippen LogP contribution is 2.43. The van der Waals surface area contributed by atoms with Crippen molar-refractivity contribution in [2.75, 3.05) is 0 Å². The van der Waals surface area contributed by atoms with Crippen LogP contribution in [0.4, 0.5) is 0 Å². The molecule has 2 N–H and O–H groups in total. The van der Waals surface area contributed by atoms with Crippen LogP contribution in [0, 0.1) is 0 Å². The lowest BCUT2D eigenvalue weighted by Gasteiger charge is -2.32. The summed E-state index contributed by atoms with van der Waals surface area (Å²) in [6.07, 6.45) is -0.486. The standard InChI is InChI=1S/C53H37N3O/c1-3-13-34(14-4-1)36-25-28-38(29-26-36)52-54-51(37-16-5-2-6-17-37)55-53(56-52)42-32-40-19-9-10-20-43(40)47(33-42)45-22-12-24-48-49(45)46-23-11-21-44(50(46)57-48)41-30-27-35-15-7-8-18-39(35)31-41/h1-33,52-53,56H,(H,54,55). The summed E-state index contributed by atoms with van der Waals surface area (Å²) in [5.41, 5.74) is 11.9. The van der Waals surface area contributed by atoms with Crippen molar-refractivity contribution in [2.24, 2.45) is 4.99 Å². The third-order valence-corrected chi connectivity index (χ3v) is 11.3. The van der Waals surface area contributed by atoms with E-state index in [-0.39, 0.29) is 12.3 Å². The second-order valence-corrected chi connectivity index (χ2v) is 14.8. The normalized spacial score (nSPS) is 15.5. The van der Waals surface area contributed by atoms with Gasteiger partial charge in [0.1, 0.15) is 29.3 Å². The summed E-state index contributed by atoms with van der Waals surface area (Å²) in [6, 6.07) is 71.1. The molecule has 0 spiro atoms. The average molecular weight is 732 g/mol. The van der Waals surface area contributed by atoms with Gasteiger partial charge >= 0.3 is 0 Å². The zero-order valence-corrected chi connectivity index (χ0v) is 31.1. The van der Waals surface area contributed by atoms with Gasteiger partial charge in [0.25, 0.3) is 0 Å². The molecule has 2 atom stereocenters. The lowest BCUT2D eigenvalue weighted by atomic mass is 9.91. The first-order valence-electron chi connectivity index (χ1n) is 19.5. The zero-order chi connectivity index (χ0) is 37.7. The highest BCUT2D eigenvalue weighted by Gasteiger charge is 2.27. The van der Waals surface area contributed by atoms with Crippen molar-refractivity contribution >= 4 is 49.3 Å². The fourth-order valence-electron chi connectivity index (χ4n) is 8.51. The second kappa shape index (κ2) is 13.8. The molecule has 0 amide bonds. The number of rotatable bonds is 6. The van der Waals surface area contributed by atoms with E-state index in [4.69, 9.17) is 9.41 Å². The third-order valence-electron chi connectivity index (χ3n) is 11.3. The molecule has 4 heteroatoms. The predicted molar refractivity (Wildman–Crippen MR) is 236 cm³/mol. The number of para-hydroxylation sites is 1. The highest BCUT2D eigenvalue weighted by atomic mass is 16.3. The summed E-state index contributed by atoms with van der Waals surface area (Å²) in [5, 5.41) is 14.6. The molecule has 0 saturated carbocycles. The van der Waals surface area contributed by atoms with Crippen LogP contribution >= 0.6 is 0 Å². The lowest BCUT2D eigenvalue weighted by Crippen LogP contribution is -2.44. The van der Waals surface area contributed by atoms with E-state index in [0.717, 1.165) is 72.1 Å². The van der Waals surface area contributed by atoms with Crippen molar-refractivity contribution in [3.63, 3.8) is 0 Å². The van der Waals surface area contributed by atoms with Gasteiger partial charge < -0.3 is 9.73 Å². The molecule has 2 heterocycles. The number of furan rings is 1. The Labute approximate surface area is 330 Å². The van der Waals surface area contributed by atoms with Crippen molar-refractivity contribution in [2.45, 2.75) is 12.3 Å². The maximum absolute atomic E-state index is 6.79. The Morgan fingerprint density at radius 2 is 1.07 bits per heavy atom. The Morgan fingerprint density at radius 1 is 0.421 bits per heavy atom. The first-order chi connectivity index (χ1) is 28.2. The van der Waals surface area contributed by atoms with Crippen molar-refractivity contribution in [3.05, 3.63) is 217 Å². The Kier molecular flexibility index (Phi) is 8.01. The van der Waals surface area contributed by atoms with E-state index in [1.807, 2.05) is 6.07 Å². The van der Waals surface area contributed by atoms with Gasteiger partial charge in [0, 0.05) is 21.9 Å². The minimum absolute atomic E-state index is 0.169. The Hall–Kier alpha value is -7.27. The molecule has 11 rings (SSSR count). The molecule has 1 aliphatic rings. The van der Waals surface area contributed by atoms with Crippen LogP contribution < -0.4 is 10.6 Å². The van der Waals surface area contributed by atoms with Crippen molar-refractivity contribution in [1.29, 1.82) is 0 Å². The number of amidine groups is 1. The molecule has 1 aromatic heterocycles. The molecular formula is C53H37N3O. The molecule has 2 unspecified atom stereocenters. The fourth-order valence-corrected chi connectivity index (χ4v) is 8.51. The third kappa shape index (κ3) is 5.95. The summed E-state index contributed by atoms with van der Waals surface area (Å²) < 4.78 is 6.79. The first-order valence-corrected chi connectivity index (χ1v) is 19.5. The molecule has 10 aromatic rings. The quantitative estimate of drug-likeness (QED) is 0.179. The van der Waals surface area contributed by atoms with Gasteiger partial charge in [0.15, 0.2) is 0 Å². The van der Waals surface area contributed by atoms with Crippen LogP contribution in [0.1, 0.15) is 29.0 Å². The summed E-state index contributed by atoms with van der Waals surface area (Å²) in [6.45, 7) is 0. The van der Waals surface area contributed by atoms with E-state index >= 15 is 0 Å². The van der Waals surface area contributed by atoms with Gasteiger partial charge in [0.05, 0.1) is 0 Å². The summed E-state index contributed by atoms with van der Waals surface area (Å²) >= 11 is 0. The summed E-state index contributed by atoms with van der Waals surface area (Å²) in [4.78, 5) is 5.35. The monoisotopic (exact) mass is 731 g/mol. The van der Waals surface area contributed by atoms with Crippen molar-refractivity contribution < 1.29 is 4.42 Å². The van der Waals surface area contributed by atoms with Crippen molar-refractivity contribution in [1.82, 2.24) is 10.6 Å². The maximum atomic E-state index is 6.79. The van der Waals surface area contributed by atoms with E-state index in [1.165, 1.54) is 27.3 Å². The minimum Gasteiger partial charge on any atom is -0.455 e. The molecule has 0 saturated heterocycles. The van der Waals surface area contributed by atoms with Crippen LogP contribution in [0.15, 0.2) is 210 Å². The number of fused-ring (bicyclic) bond motifs is 5. The lowest BCUT2D eigenvalue weighted by molar-refractivity contribution is 0.409. The second-order valence-electron chi connectivity index (χ2n) is 14.8. The number of nitrogens with one attached hydrogen (secondary N) is 2. The number of hydrogen-bond acceptors (Lipinski definition) is 4. The van der Waals surface area contributed by atoms with E-state index in [1.54, 1.807) is 0 Å². The molecule has 0 bridgehead atoms. The zero-order valence-electron chi connectivity index (χ0n) is 31.1. The van der Waals surface area contributed by atoms with E-state index < -0.39 is 0 Å². The molecule has 0 radical (unpaired) electrons. The van der Waals surface area contributed by atoms with Gasteiger partial charge in [-0.3, -0.25) is 5.32 Å². The van der Waals surface area contributed by atoms with Crippen LogP contribution in [0.25, 0.3) is 76.9 Å². The van der Waals surface area contributed by atoms with Crippen LogP contribution in [0.3, 0.4) is 0 Å². The molecule has 0 aliphatic carbocycles. The number of nitrogens with zero attached hydrogens (tertiary/aromatic N) is 1. The molecule has 9 aromatic carbocycles. The van der Waals surface area contributed by atoms with Gasteiger partial charge in [-0.05, 0) is 84.8 Å². The predicted octanol–water partition coefficient (Wildman–Crippen LogP) is 13.2. The van der Waals surface area contributed by atoms with Crippen LogP contribution in [-0.2, 0) is 0 Å². The first kappa shape index (κ1) is 33.1. The minimum atomic E-state index is -0.316. The number of hydrogen-bond donors (Lipinski definition) is 2. The van der Waals surface area contributed by atoms with Gasteiger partial charge in [0.2, 0.25) is 0 Å². The van der Waals surface area contributed by atoms with Crippen molar-refractivity contribution in [3.8, 4) is 33.4 Å². The summed E-state index contributed by atoms with van der Waals surface area (Å²) in [7, 11) is 0. The van der Waals surface area contributed by atoms with Gasteiger partial charge in [-0.15, -0.1) is 0 Å².